The molecule has 160 valence electrons. The van der Waals surface area contributed by atoms with Crippen LogP contribution >= 0.6 is 18.6 Å². The van der Waals surface area contributed by atoms with Crippen molar-refractivity contribution in [1.29, 1.82) is 0 Å². The fraction of sp³-hybridized carbons (Fsp3) is 0.259. The second-order valence-electron chi connectivity index (χ2n) is 8.70. The van der Waals surface area contributed by atoms with Crippen molar-refractivity contribution in [2.45, 2.75) is 45.2 Å². The molecule has 2 atom stereocenters. The van der Waals surface area contributed by atoms with E-state index >= 15 is 0 Å². The van der Waals surface area contributed by atoms with Crippen LogP contribution in [0.2, 0.25) is 0 Å². The average molecular weight is 485 g/mol. The molecule has 0 aliphatic heterocycles. The quantitative estimate of drug-likeness (QED) is 0.328. The molecule has 4 rings (SSSR count). The third-order valence-electron chi connectivity index (χ3n) is 5.37. The van der Waals surface area contributed by atoms with Gasteiger partial charge in [-0.05, 0) is 33.9 Å². The Morgan fingerprint density at radius 1 is 0.806 bits per heavy atom. The van der Waals surface area contributed by atoms with E-state index in [1.165, 1.54) is 33.4 Å². The van der Waals surface area contributed by atoms with Gasteiger partial charge in [-0.25, -0.2) is 0 Å². The van der Waals surface area contributed by atoms with Gasteiger partial charge in [0.15, 0.2) is 0 Å². The summed E-state index contributed by atoms with van der Waals surface area (Å²) in [7, 11) is 9.78. The SMILES string of the molecule is CC([N-]C(C)(C)C)c1ccccc1C1C(c2ccccc2)=Cc2ccccc21.[Cl][Ti][Cl]. The van der Waals surface area contributed by atoms with Gasteiger partial charge in [0.25, 0.3) is 0 Å². The van der Waals surface area contributed by atoms with Crippen LogP contribution in [0.5, 0.6) is 0 Å². The van der Waals surface area contributed by atoms with E-state index in [0.717, 1.165) is 0 Å². The van der Waals surface area contributed by atoms with Crippen molar-refractivity contribution in [3.05, 3.63) is 112 Å². The van der Waals surface area contributed by atoms with E-state index in [0.29, 0.717) is 0 Å². The van der Waals surface area contributed by atoms with Crippen LogP contribution in [0.15, 0.2) is 78.9 Å². The molecule has 4 heteroatoms. The van der Waals surface area contributed by atoms with Crippen molar-refractivity contribution in [3.8, 4) is 0 Å². The minimum atomic E-state index is -0.556. The predicted molar refractivity (Wildman–Crippen MR) is 132 cm³/mol. The molecule has 1 nitrogen and oxygen atoms in total. The first kappa shape index (κ1) is 24.3. The van der Waals surface area contributed by atoms with Crippen LogP contribution in [-0.2, 0) is 17.0 Å². The number of fused-ring (bicyclic) bond motifs is 1. The first-order valence-electron chi connectivity index (χ1n) is 10.5. The molecular formula is C27H28Cl2NTi-. The number of allylic oxidation sites excluding steroid dienone is 1. The van der Waals surface area contributed by atoms with E-state index < -0.39 is 17.0 Å². The first-order chi connectivity index (χ1) is 14.9. The number of halogens is 2. The summed E-state index contributed by atoms with van der Waals surface area (Å²) in [5.74, 6) is 0.243. The van der Waals surface area contributed by atoms with E-state index in [9.17, 15) is 0 Å². The zero-order valence-electron chi connectivity index (χ0n) is 18.4. The van der Waals surface area contributed by atoms with E-state index in [1.54, 1.807) is 0 Å². The van der Waals surface area contributed by atoms with Crippen molar-refractivity contribution in [2.75, 3.05) is 0 Å². The average Bonchev–Trinajstić information content (AvgIpc) is 3.13. The van der Waals surface area contributed by atoms with Gasteiger partial charge in [0, 0.05) is 5.92 Å². The molecule has 3 aromatic carbocycles. The summed E-state index contributed by atoms with van der Waals surface area (Å²) < 4.78 is 0. The number of hydrogen-bond donors (Lipinski definition) is 0. The monoisotopic (exact) mass is 484 g/mol. The van der Waals surface area contributed by atoms with Gasteiger partial charge in [-0.3, -0.25) is 0 Å². The van der Waals surface area contributed by atoms with E-state index in [-0.39, 0.29) is 17.5 Å². The van der Waals surface area contributed by atoms with Gasteiger partial charge in [-0.2, -0.15) is 0 Å². The third-order valence-corrected chi connectivity index (χ3v) is 5.37. The van der Waals surface area contributed by atoms with Gasteiger partial charge in [0.05, 0.1) is 0 Å². The molecule has 0 aromatic heterocycles. The number of hydrogen-bond acceptors (Lipinski definition) is 0. The zero-order chi connectivity index (χ0) is 22.4. The van der Waals surface area contributed by atoms with Gasteiger partial charge in [-0.15, -0.1) is 11.6 Å². The maximum absolute atomic E-state index is 5.05. The summed E-state index contributed by atoms with van der Waals surface area (Å²) in [5, 5.41) is 5.05. The fourth-order valence-electron chi connectivity index (χ4n) is 4.34. The molecule has 0 saturated heterocycles. The summed E-state index contributed by atoms with van der Waals surface area (Å²) in [6, 6.07) is 28.5. The molecule has 0 radical (unpaired) electrons. The second kappa shape index (κ2) is 11.0. The van der Waals surface area contributed by atoms with E-state index in [2.05, 4.69) is 113 Å². The number of benzene rings is 3. The molecule has 0 amide bonds. The Hall–Kier alpha value is -1.35. The summed E-state index contributed by atoms with van der Waals surface area (Å²) in [6.07, 6.45) is 2.36. The molecule has 0 fully saturated rings. The topological polar surface area (TPSA) is 14.1 Å². The summed E-state index contributed by atoms with van der Waals surface area (Å²) in [4.78, 5) is 0. The summed E-state index contributed by atoms with van der Waals surface area (Å²) in [5.41, 5.74) is 8.00. The van der Waals surface area contributed by atoms with E-state index in [1.807, 2.05) is 0 Å². The Morgan fingerprint density at radius 2 is 1.35 bits per heavy atom. The van der Waals surface area contributed by atoms with Crippen LogP contribution in [0.4, 0.5) is 0 Å². The van der Waals surface area contributed by atoms with Gasteiger partial charge in [0.2, 0.25) is 0 Å². The van der Waals surface area contributed by atoms with Crippen molar-refractivity contribution in [3.63, 3.8) is 0 Å². The normalized spacial score (nSPS) is 15.9. The molecule has 0 heterocycles. The van der Waals surface area contributed by atoms with Gasteiger partial charge >= 0.3 is 35.6 Å². The van der Waals surface area contributed by atoms with Crippen molar-refractivity contribution >= 4 is 30.3 Å². The Labute approximate surface area is 203 Å². The van der Waals surface area contributed by atoms with Gasteiger partial charge < -0.3 is 5.32 Å². The third kappa shape index (κ3) is 6.12. The molecular weight excluding hydrogens is 457 g/mol. The minimum absolute atomic E-state index is 0.0573. The van der Waals surface area contributed by atoms with Gasteiger partial charge in [-0.1, -0.05) is 112 Å². The first-order valence-corrected chi connectivity index (χ1v) is 14.8. The molecule has 3 aromatic rings. The molecule has 31 heavy (non-hydrogen) atoms. The van der Waals surface area contributed by atoms with Gasteiger partial charge in [0.1, 0.15) is 0 Å². The van der Waals surface area contributed by atoms with Crippen LogP contribution in [0.25, 0.3) is 17.0 Å². The molecule has 1 aliphatic rings. The summed E-state index contributed by atoms with van der Waals surface area (Å²) >= 11 is -0.556. The second-order valence-corrected chi connectivity index (χ2v) is 11.3. The molecule has 0 N–H and O–H groups in total. The van der Waals surface area contributed by atoms with Crippen molar-refractivity contribution < 1.29 is 17.0 Å². The molecule has 0 saturated carbocycles. The zero-order valence-corrected chi connectivity index (χ0v) is 21.5. The van der Waals surface area contributed by atoms with Crippen LogP contribution in [0, 0.1) is 0 Å². The Bertz CT molecular complexity index is 1020. The van der Waals surface area contributed by atoms with Crippen LogP contribution in [-0.4, -0.2) is 5.54 Å². The molecule has 1 aliphatic carbocycles. The predicted octanol–water partition coefficient (Wildman–Crippen LogP) is 8.98. The summed E-state index contributed by atoms with van der Waals surface area (Å²) in [6.45, 7) is 8.74. The molecule has 0 spiro atoms. The Balaban J connectivity index is 0.000000858. The van der Waals surface area contributed by atoms with Crippen molar-refractivity contribution in [1.82, 2.24) is 0 Å². The standard InChI is InChI=1S/C27H28N.2ClH.Ti/c1-19(28-27(2,3)4)22-15-10-11-17-24(22)26-23-16-9-8-14-21(23)18-25(26)20-12-6-5-7-13-20;;;/h5-19,26H,1-4H3;2*1H;/q-1;;;+2/p-2. The maximum atomic E-state index is 5.05. The van der Waals surface area contributed by atoms with Crippen LogP contribution in [0.1, 0.15) is 67.5 Å². The Morgan fingerprint density at radius 3 is 2.00 bits per heavy atom. The van der Waals surface area contributed by atoms with Crippen LogP contribution < -0.4 is 0 Å². The molecule has 2 unspecified atom stereocenters. The Kier molecular flexibility index (Phi) is 8.61. The van der Waals surface area contributed by atoms with Crippen molar-refractivity contribution in [2.24, 2.45) is 0 Å². The van der Waals surface area contributed by atoms with E-state index in [4.69, 9.17) is 23.9 Å². The molecule has 0 bridgehead atoms. The number of rotatable bonds is 4. The number of nitrogens with zero attached hydrogens (tertiary/aromatic N) is 1. The van der Waals surface area contributed by atoms with Crippen LogP contribution in [0.3, 0.4) is 0 Å². The fourth-order valence-corrected chi connectivity index (χ4v) is 4.34.